The largest absolute Gasteiger partial charge is 0.342 e. The molecule has 1 unspecified atom stereocenters. The molecule has 0 bridgehead atoms. The van der Waals surface area contributed by atoms with Gasteiger partial charge in [0, 0.05) is 16.5 Å². The van der Waals surface area contributed by atoms with Gasteiger partial charge in [-0.25, -0.2) is 0 Å². The molecule has 0 radical (unpaired) electrons. The van der Waals surface area contributed by atoms with E-state index < -0.39 is 5.79 Å². The third-order valence-corrected chi connectivity index (χ3v) is 4.62. The molecule has 2 aromatic carbocycles. The summed E-state index contributed by atoms with van der Waals surface area (Å²) >= 11 is 0. The molecule has 1 aliphatic heterocycles. The average Bonchev–Trinajstić information content (AvgIpc) is 2.56. The molecule has 23 heavy (non-hydrogen) atoms. The highest BCUT2D eigenvalue weighted by atomic mass is 16.7. The van der Waals surface area contributed by atoms with Gasteiger partial charge >= 0.3 is 0 Å². The Balaban J connectivity index is 2.11. The lowest BCUT2D eigenvalue weighted by molar-refractivity contribution is -0.325. The zero-order valence-corrected chi connectivity index (χ0v) is 14.5. The van der Waals surface area contributed by atoms with E-state index in [1.54, 1.807) is 0 Å². The molecule has 0 amide bonds. The van der Waals surface area contributed by atoms with Crippen molar-refractivity contribution in [2.75, 3.05) is 6.61 Å². The first-order valence-electron chi connectivity index (χ1n) is 8.38. The van der Waals surface area contributed by atoms with Crippen LogP contribution in [0.1, 0.15) is 38.8 Å². The molecule has 0 spiro atoms. The van der Waals surface area contributed by atoms with Crippen LogP contribution >= 0.6 is 0 Å². The minimum atomic E-state index is -0.826. The lowest BCUT2D eigenvalue weighted by Crippen LogP contribution is -2.53. The van der Waals surface area contributed by atoms with Crippen molar-refractivity contribution in [1.29, 1.82) is 0 Å². The molecule has 1 atom stereocenters. The number of hydrogen-bond donors (Lipinski definition) is 0. The van der Waals surface area contributed by atoms with E-state index in [9.17, 15) is 0 Å². The Hall–Kier alpha value is -1.64. The third kappa shape index (κ3) is 2.93. The molecule has 2 heteroatoms. The summed E-state index contributed by atoms with van der Waals surface area (Å²) in [5.74, 6) is -0.409. The van der Waals surface area contributed by atoms with Gasteiger partial charge in [0.2, 0.25) is 5.79 Å². The molecule has 2 aromatic rings. The molecule has 0 N–H and O–H groups in total. The standard InChI is InChI=1S/C21H26O2/c1-16(2)19-20(3,4)15-22-21(23-19,17-11-7-5-8-12-17)18-13-9-6-10-14-18/h5-14,16,19H,15H2,1-4H3. The molecule has 0 aromatic heterocycles. The Labute approximate surface area is 139 Å². The second-order valence-electron chi connectivity index (χ2n) is 7.41. The number of hydrogen-bond acceptors (Lipinski definition) is 2. The van der Waals surface area contributed by atoms with Crippen LogP contribution in [0.4, 0.5) is 0 Å². The van der Waals surface area contributed by atoms with E-state index in [-0.39, 0.29) is 11.5 Å². The highest BCUT2D eigenvalue weighted by molar-refractivity contribution is 5.34. The van der Waals surface area contributed by atoms with Crippen molar-refractivity contribution in [3.63, 3.8) is 0 Å². The first-order chi connectivity index (χ1) is 11.0. The van der Waals surface area contributed by atoms with Gasteiger partial charge in [-0.05, 0) is 5.92 Å². The van der Waals surface area contributed by atoms with Gasteiger partial charge < -0.3 is 9.47 Å². The molecule has 1 saturated heterocycles. The van der Waals surface area contributed by atoms with Crippen LogP contribution in [0.2, 0.25) is 0 Å². The molecule has 1 heterocycles. The Bertz CT molecular complexity index is 592. The first kappa shape index (κ1) is 16.2. The molecule has 3 rings (SSSR count). The van der Waals surface area contributed by atoms with E-state index in [1.165, 1.54) is 0 Å². The Morgan fingerprint density at radius 1 is 0.870 bits per heavy atom. The van der Waals surface area contributed by atoms with Crippen molar-refractivity contribution < 1.29 is 9.47 Å². The van der Waals surface area contributed by atoms with Crippen LogP contribution in [0.15, 0.2) is 60.7 Å². The molecule has 0 saturated carbocycles. The second kappa shape index (κ2) is 6.10. The van der Waals surface area contributed by atoms with Gasteiger partial charge in [0.1, 0.15) is 0 Å². The van der Waals surface area contributed by atoms with E-state index >= 15 is 0 Å². The number of ether oxygens (including phenoxy) is 2. The fourth-order valence-electron chi connectivity index (χ4n) is 3.57. The number of benzene rings is 2. The zero-order valence-electron chi connectivity index (χ0n) is 14.5. The van der Waals surface area contributed by atoms with Crippen LogP contribution in [-0.2, 0) is 15.3 Å². The zero-order chi connectivity index (χ0) is 16.5. The average molecular weight is 310 g/mol. The van der Waals surface area contributed by atoms with Gasteiger partial charge in [-0.15, -0.1) is 0 Å². The Kier molecular flexibility index (Phi) is 4.31. The van der Waals surface area contributed by atoms with Crippen molar-refractivity contribution in [2.24, 2.45) is 11.3 Å². The lowest BCUT2D eigenvalue weighted by Gasteiger charge is -2.50. The predicted octanol–water partition coefficient (Wildman–Crippen LogP) is 4.99. The Morgan fingerprint density at radius 3 is 1.78 bits per heavy atom. The van der Waals surface area contributed by atoms with Gasteiger partial charge in [0.15, 0.2) is 0 Å². The van der Waals surface area contributed by atoms with Crippen LogP contribution in [0.5, 0.6) is 0 Å². The van der Waals surface area contributed by atoms with Gasteiger partial charge in [0.05, 0.1) is 12.7 Å². The highest BCUT2D eigenvalue weighted by Gasteiger charge is 2.49. The van der Waals surface area contributed by atoms with Crippen LogP contribution in [-0.4, -0.2) is 12.7 Å². The highest BCUT2D eigenvalue weighted by Crippen LogP contribution is 2.46. The summed E-state index contributed by atoms with van der Waals surface area (Å²) in [5, 5.41) is 0. The Morgan fingerprint density at radius 2 is 1.35 bits per heavy atom. The minimum absolute atomic E-state index is 0.0127. The molecule has 1 fully saturated rings. The van der Waals surface area contributed by atoms with Crippen molar-refractivity contribution in [2.45, 2.75) is 39.6 Å². The van der Waals surface area contributed by atoms with Gasteiger partial charge in [-0.1, -0.05) is 88.4 Å². The van der Waals surface area contributed by atoms with Crippen molar-refractivity contribution >= 4 is 0 Å². The van der Waals surface area contributed by atoms with Crippen LogP contribution < -0.4 is 0 Å². The summed E-state index contributed by atoms with van der Waals surface area (Å²) in [5.41, 5.74) is 2.08. The van der Waals surface area contributed by atoms with Crippen molar-refractivity contribution in [3.05, 3.63) is 71.8 Å². The fraction of sp³-hybridized carbons (Fsp3) is 0.429. The first-order valence-corrected chi connectivity index (χ1v) is 8.38. The summed E-state index contributed by atoms with van der Waals surface area (Å²) in [6.07, 6.45) is 0.122. The lowest BCUT2D eigenvalue weighted by atomic mass is 9.79. The summed E-state index contributed by atoms with van der Waals surface area (Å²) in [7, 11) is 0. The molecular formula is C21H26O2. The minimum Gasteiger partial charge on any atom is -0.342 e. The summed E-state index contributed by atoms with van der Waals surface area (Å²) in [6.45, 7) is 9.55. The third-order valence-electron chi connectivity index (χ3n) is 4.62. The number of rotatable bonds is 3. The van der Waals surface area contributed by atoms with Gasteiger partial charge in [0.25, 0.3) is 0 Å². The van der Waals surface area contributed by atoms with E-state index in [4.69, 9.17) is 9.47 Å². The summed E-state index contributed by atoms with van der Waals surface area (Å²) in [4.78, 5) is 0. The summed E-state index contributed by atoms with van der Waals surface area (Å²) in [6, 6.07) is 20.5. The molecule has 0 aliphatic carbocycles. The normalized spacial score (nSPS) is 22.9. The topological polar surface area (TPSA) is 18.5 Å². The maximum absolute atomic E-state index is 6.70. The predicted molar refractivity (Wildman–Crippen MR) is 93.1 cm³/mol. The van der Waals surface area contributed by atoms with Crippen LogP contribution in [0.3, 0.4) is 0 Å². The van der Waals surface area contributed by atoms with Crippen LogP contribution in [0, 0.1) is 11.3 Å². The quantitative estimate of drug-likeness (QED) is 0.795. The molecule has 1 aliphatic rings. The molecular weight excluding hydrogens is 284 g/mol. The van der Waals surface area contributed by atoms with E-state index in [1.807, 2.05) is 36.4 Å². The van der Waals surface area contributed by atoms with E-state index in [0.717, 1.165) is 11.1 Å². The maximum atomic E-state index is 6.70. The van der Waals surface area contributed by atoms with E-state index in [2.05, 4.69) is 52.0 Å². The van der Waals surface area contributed by atoms with Crippen molar-refractivity contribution in [1.82, 2.24) is 0 Å². The monoisotopic (exact) mass is 310 g/mol. The molecule has 2 nitrogen and oxygen atoms in total. The smallest absolute Gasteiger partial charge is 0.222 e. The molecule has 122 valence electrons. The second-order valence-corrected chi connectivity index (χ2v) is 7.41. The van der Waals surface area contributed by atoms with Crippen molar-refractivity contribution in [3.8, 4) is 0 Å². The summed E-state index contributed by atoms with van der Waals surface area (Å²) < 4.78 is 13.1. The van der Waals surface area contributed by atoms with Gasteiger partial charge in [-0.3, -0.25) is 0 Å². The fourth-order valence-corrected chi connectivity index (χ4v) is 3.57. The maximum Gasteiger partial charge on any atom is 0.222 e. The van der Waals surface area contributed by atoms with Crippen LogP contribution in [0.25, 0.3) is 0 Å². The van der Waals surface area contributed by atoms with E-state index in [0.29, 0.717) is 12.5 Å². The SMILES string of the molecule is CC(C)C1OC(c2ccccc2)(c2ccccc2)OCC1(C)C. The van der Waals surface area contributed by atoms with Gasteiger partial charge in [-0.2, -0.15) is 0 Å².